The molecule has 0 aliphatic carbocycles. The zero-order chi connectivity index (χ0) is 20.4. The van der Waals surface area contributed by atoms with Crippen LogP contribution in [0.25, 0.3) is 0 Å². The molecule has 1 N–H and O–H groups in total. The zero-order valence-corrected chi connectivity index (χ0v) is 13.0. The van der Waals surface area contributed by atoms with Crippen LogP contribution < -0.4 is 5.32 Å². The fourth-order valence-corrected chi connectivity index (χ4v) is 2.17. The van der Waals surface area contributed by atoms with E-state index >= 15 is 0 Å². The van der Waals surface area contributed by atoms with Crippen molar-refractivity contribution in [2.24, 2.45) is 5.92 Å². The van der Waals surface area contributed by atoms with Crippen molar-refractivity contribution in [2.45, 2.75) is 45.6 Å². The molecule has 2 atom stereocenters. The van der Waals surface area contributed by atoms with Crippen LogP contribution in [-0.4, -0.2) is 59.8 Å². The third-order valence-corrected chi connectivity index (χ3v) is 3.09. The Morgan fingerprint density at radius 2 is 1.91 bits per heavy atom. The second kappa shape index (κ2) is 7.35. The fourth-order valence-electron chi connectivity index (χ4n) is 2.17. The van der Waals surface area contributed by atoms with Crippen LogP contribution in [0.1, 0.15) is 39.0 Å². The van der Waals surface area contributed by atoms with Crippen molar-refractivity contribution in [3.63, 3.8) is 0 Å². The fraction of sp³-hybridized carbons (Fsp3) is 0.714. The average Bonchev–Trinajstić information content (AvgIpc) is 2.76. The summed E-state index contributed by atoms with van der Waals surface area (Å²) in [4.78, 5) is 53.9. The average molecular weight is 323 g/mol. The lowest BCUT2D eigenvalue weighted by atomic mass is 10.1. The molecule has 1 saturated heterocycles. The standard InChI is InChI=1S/C14H23N3O5/c1-8(2)12(16(4)5)13(20)15-9(3)14(21)22-17-10(18)6-7-11(17)19/h8-9,12H,6-7H2,1-5H3,(H,15,20)/i3D3,9D,13+1,16+1,20+2,21+2. The minimum absolute atomic E-state index is 0.134. The summed E-state index contributed by atoms with van der Waals surface area (Å²) in [5.41, 5.74) is 0. The Hall–Kier alpha value is -1.96. The molecule has 22 heavy (non-hydrogen) atoms. The van der Waals surface area contributed by atoms with Crippen LogP contribution >= 0.6 is 0 Å². The lowest BCUT2D eigenvalue weighted by Gasteiger charge is -2.28. The lowest BCUT2D eigenvalue weighted by molar-refractivity contribution is -0.198. The van der Waals surface area contributed by atoms with E-state index in [1.807, 2.05) is 5.32 Å². The van der Waals surface area contributed by atoms with Crippen molar-refractivity contribution in [1.82, 2.24) is 15.3 Å². The van der Waals surface area contributed by atoms with Crippen LogP contribution in [0.4, 0.5) is 0 Å². The van der Waals surface area contributed by atoms with Gasteiger partial charge in [0.05, 0.1) is 7.41 Å². The maximum atomic E-state index is 12.5. The normalized spacial score (nSPS) is 22.5. The Morgan fingerprint density at radius 1 is 1.36 bits per heavy atom. The van der Waals surface area contributed by atoms with E-state index in [1.54, 1.807) is 27.9 Å². The first kappa shape index (κ1) is 12.6. The molecular formula is C14H23N3O5. The predicted molar refractivity (Wildman–Crippen MR) is 77.1 cm³/mol. The highest BCUT2D eigenvalue weighted by Gasteiger charge is 2.35. The number of hydroxylamine groups is 2. The molecule has 8 nitrogen and oxygen atoms in total. The molecule has 1 aliphatic heterocycles. The van der Waals surface area contributed by atoms with E-state index in [4.69, 9.17) is 5.48 Å². The molecular weight excluding hydrogens is 296 g/mol. The van der Waals surface area contributed by atoms with Gasteiger partial charge >= 0.3 is 5.97 Å². The van der Waals surface area contributed by atoms with E-state index in [0.717, 1.165) is 0 Å². The van der Waals surface area contributed by atoms with Crippen molar-refractivity contribution in [3.8, 4) is 0 Å². The monoisotopic (exact) mass is 323 g/mol. The van der Waals surface area contributed by atoms with E-state index in [2.05, 4.69) is 4.84 Å². The number of carbonyl (C=O) groups is 4. The van der Waals surface area contributed by atoms with E-state index in [1.165, 1.54) is 4.90 Å². The second-order valence-electron chi connectivity index (χ2n) is 5.48. The molecule has 1 fully saturated rings. The van der Waals surface area contributed by atoms with Crippen LogP contribution in [0.15, 0.2) is 0 Å². The molecule has 1 heterocycles. The number of rotatable bonds is 6. The van der Waals surface area contributed by atoms with Gasteiger partial charge in [-0.1, -0.05) is 13.8 Å². The maximum Gasteiger partial charge on any atom is 0.354 e. The number of imide groups is 1. The third-order valence-electron chi connectivity index (χ3n) is 3.09. The SMILES string of the molecule is [2H]C([2H])([2H])C([2H])(N[13C](=[18O])C(C(C)C)[15N](C)C)C(=[18O])ON1C(=O)CCC1=O. The molecule has 0 bridgehead atoms. The molecule has 2 unspecified atom stereocenters. The maximum absolute atomic E-state index is 12.5. The van der Waals surface area contributed by atoms with Gasteiger partial charge in [0.15, 0.2) is 0 Å². The summed E-state index contributed by atoms with van der Waals surface area (Å²) in [6.07, 6.45) is -0.374. The van der Waals surface area contributed by atoms with Crippen LogP contribution in [0.5, 0.6) is 0 Å². The zero-order valence-electron chi connectivity index (χ0n) is 17.0. The van der Waals surface area contributed by atoms with Gasteiger partial charge in [-0.15, -0.1) is 5.06 Å². The summed E-state index contributed by atoms with van der Waals surface area (Å²) in [5.74, 6) is -4.50. The van der Waals surface area contributed by atoms with E-state index in [-0.39, 0.29) is 23.8 Å². The number of hydrogen-bond donors (Lipinski definition) is 1. The van der Waals surface area contributed by atoms with Crippen molar-refractivity contribution >= 4 is 23.7 Å². The highest BCUT2D eigenvalue weighted by Crippen LogP contribution is 2.13. The van der Waals surface area contributed by atoms with Gasteiger partial charge in [0.2, 0.25) is 5.91 Å². The van der Waals surface area contributed by atoms with Crippen LogP contribution in [-0.2, 0) is 24.0 Å². The number of carbonyl (C=O) groups excluding carboxylic acids is 4. The lowest BCUT2D eigenvalue weighted by Crippen LogP contribution is -2.52. The molecule has 0 aromatic heterocycles. The molecule has 0 spiro atoms. The largest absolute Gasteiger partial charge is 0.354 e. The summed E-state index contributed by atoms with van der Waals surface area (Å²) in [6.45, 7) is 0.121. The van der Waals surface area contributed by atoms with Gasteiger partial charge in [-0.3, -0.25) is 19.3 Å². The van der Waals surface area contributed by atoms with Gasteiger partial charge in [0.1, 0.15) is 6.02 Å². The number of amides is 3. The first-order valence-electron chi connectivity index (χ1n) is 8.79. The van der Waals surface area contributed by atoms with Gasteiger partial charge in [-0.2, -0.15) is 0 Å². The summed E-state index contributed by atoms with van der Waals surface area (Å²) >= 11 is 0. The Balaban J connectivity index is 3.11. The molecule has 124 valence electrons. The van der Waals surface area contributed by atoms with Gasteiger partial charge < -0.3 is 10.2 Å². The van der Waals surface area contributed by atoms with Crippen LogP contribution in [0.3, 0.4) is 0 Å². The molecule has 1 aliphatic rings. The smallest absolute Gasteiger partial charge is 0.341 e. The molecule has 1 rings (SSSR count). The number of hydrogen-bond acceptors (Lipinski definition) is 6. The summed E-state index contributed by atoms with van der Waals surface area (Å²) < 4.78 is 30.4. The van der Waals surface area contributed by atoms with Crippen LogP contribution in [0, 0.1) is 5.92 Å². The van der Waals surface area contributed by atoms with Gasteiger partial charge in [0, 0.05) is 17.0 Å². The Bertz CT molecular complexity index is 584. The number of likely N-dealkylation sites (N-methyl/N-ethyl adjacent to an activating group) is 1. The Kier molecular flexibility index (Phi) is 4.20. The van der Waals surface area contributed by atoms with E-state index < -0.39 is 42.6 Å². The minimum Gasteiger partial charge on any atom is -0.341 e. The summed E-state index contributed by atoms with van der Waals surface area (Å²) in [5, 5.41) is 2.03. The van der Waals surface area contributed by atoms with Gasteiger partial charge in [0.25, 0.3) is 11.8 Å². The Labute approximate surface area is 135 Å². The number of nitrogens with one attached hydrogen (secondary N) is 1. The van der Waals surface area contributed by atoms with Crippen molar-refractivity contribution in [2.75, 3.05) is 14.1 Å². The molecule has 0 saturated carbocycles. The predicted octanol–water partition coefficient (Wildman–Crippen LogP) is -0.316. The first-order chi connectivity index (χ1) is 11.7. The molecule has 0 aromatic carbocycles. The summed E-state index contributed by atoms with van der Waals surface area (Å²) in [7, 11) is 3.18. The first-order valence-corrected chi connectivity index (χ1v) is 6.79. The quantitative estimate of drug-likeness (QED) is 0.312. The van der Waals surface area contributed by atoms with E-state index in [0.29, 0.717) is 0 Å². The minimum atomic E-state index is -3.31. The third kappa shape index (κ3) is 4.27. The number of nitrogens with zero attached hydrogens (tertiary/aromatic N) is 2. The summed E-state index contributed by atoms with van der Waals surface area (Å²) in [6, 6.07) is -4.00. The highest BCUT2D eigenvalue weighted by molar-refractivity contribution is 6.02. The molecule has 3 amide bonds. The van der Waals surface area contributed by atoms with Crippen molar-refractivity contribution in [1.29, 1.82) is 0 Å². The molecule has 8 heteroatoms. The molecule has 0 aromatic rings. The Morgan fingerprint density at radius 3 is 2.32 bits per heavy atom. The van der Waals surface area contributed by atoms with Crippen molar-refractivity contribution in [3.05, 3.63) is 0 Å². The topological polar surface area (TPSA) is 96.0 Å². The van der Waals surface area contributed by atoms with Crippen LogP contribution in [0.2, 0.25) is 0 Å². The second-order valence-corrected chi connectivity index (χ2v) is 5.48. The molecule has 0 radical (unpaired) electrons. The van der Waals surface area contributed by atoms with Crippen molar-refractivity contribution < 1.29 is 29.5 Å². The highest BCUT2D eigenvalue weighted by atomic mass is 18.1. The van der Waals surface area contributed by atoms with Gasteiger partial charge in [-0.05, 0) is 26.9 Å². The van der Waals surface area contributed by atoms with Gasteiger partial charge in [-0.25, -0.2) is 4.79 Å². The van der Waals surface area contributed by atoms with E-state index in [9.17, 15) is 19.2 Å².